The predicted molar refractivity (Wildman–Crippen MR) is 86.8 cm³/mol. The molecule has 4 nitrogen and oxygen atoms in total. The zero-order chi connectivity index (χ0) is 21.1. The number of alkyl halides is 6. The van der Waals surface area contributed by atoms with Gasteiger partial charge in [0.15, 0.2) is 6.61 Å². The maximum absolute atomic E-state index is 13.0. The highest BCUT2D eigenvalue weighted by Gasteiger charge is 2.36. The molecule has 0 aliphatic heterocycles. The van der Waals surface area contributed by atoms with Crippen molar-refractivity contribution in [3.63, 3.8) is 0 Å². The monoisotopic (exact) mass is 425 g/mol. The van der Waals surface area contributed by atoms with Crippen molar-refractivity contribution in [3.8, 4) is 0 Å². The van der Waals surface area contributed by atoms with Gasteiger partial charge in [-0.2, -0.15) is 26.3 Å². The van der Waals surface area contributed by atoms with Crippen LogP contribution in [0.4, 0.5) is 32.0 Å². The first-order chi connectivity index (χ1) is 12.9. The Bertz CT molecular complexity index is 895. The zero-order valence-electron chi connectivity index (χ0n) is 13.6. The van der Waals surface area contributed by atoms with Crippen LogP contribution in [0.15, 0.2) is 42.5 Å². The zero-order valence-corrected chi connectivity index (χ0v) is 14.4. The van der Waals surface area contributed by atoms with Gasteiger partial charge in [-0.1, -0.05) is 23.7 Å². The third-order valence-corrected chi connectivity index (χ3v) is 3.58. The summed E-state index contributed by atoms with van der Waals surface area (Å²) in [6.07, 6.45) is -9.65. The number of halogens is 7. The summed E-state index contributed by atoms with van der Waals surface area (Å²) in [6, 6.07) is 6.30. The molecule has 0 saturated carbocycles. The normalized spacial score (nSPS) is 11.8. The van der Waals surface area contributed by atoms with Gasteiger partial charge in [0.25, 0.3) is 5.91 Å². The van der Waals surface area contributed by atoms with E-state index in [1.54, 1.807) is 0 Å². The van der Waals surface area contributed by atoms with Gasteiger partial charge in [-0.25, -0.2) is 4.79 Å². The largest absolute Gasteiger partial charge is 0.452 e. The molecule has 0 saturated heterocycles. The second kappa shape index (κ2) is 8.09. The first kappa shape index (κ1) is 21.5. The van der Waals surface area contributed by atoms with Gasteiger partial charge in [-0.15, -0.1) is 0 Å². The van der Waals surface area contributed by atoms with Crippen molar-refractivity contribution in [1.29, 1.82) is 0 Å². The Kier molecular flexibility index (Phi) is 6.23. The average molecular weight is 426 g/mol. The minimum atomic E-state index is -4.83. The molecule has 1 amide bonds. The molecule has 2 aromatic carbocycles. The second-order valence-corrected chi connectivity index (χ2v) is 5.79. The van der Waals surface area contributed by atoms with E-state index in [1.807, 2.05) is 5.32 Å². The first-order valence-electron chi connectivity index (χ1n) is 7.39. The molecule has 0 fully saturated rings. The number of benzene rings is 2. The molecule has 0 radical (unpaired) electrons. The number of hydrogen-bond donors (Lipinski definition) is 1. The van der Waals surface area contributed by atoms with E-state index in [9.17, 15) is 35.9 Å². The molecule has 0 atom stereocenters. The third kappa shape index (κ3) is 5.38. The Morgan fingerprint density at radius 3 is 2.14 bits per heavy atom. The van der Waals surface area contributed by atoms with Gasteiger partial charge in [0.2, 0.25) is 0 Å². The number of amides is 1. The summed E-state index contributed by atoms with van der Waals surface area (Å²) in [7, 11) is 0. The maximum Gasteiger partial charge on any atom is 0.418 e. The molecular formula is C17H10ClF6NO3. The van der Waals surface area contributed by atoms with Gasteiger partial charge in [0.05, 0.1) is 22.4 Å². The van der Waals surface area contributed by atoms with Crippen molar-refractivity contribution in [3.05, 3.63) is 64.2 Å². The molecule has 150 valence electrons. The third-order valence-electron chi connectivity index (χ3n) is 3.35. The minimum absolute atomic E-state index is 0.222. The van der Waals surface area contributed by atoms with E-state index in [-0.39, 0.29) is 5.02 Å². The number of rotatable bonds is 4. The highest BCUT2D eigenvalue weighted by molar-refractivity contribution is 6.30. The lowest BCUT2D eigenvalue weighted by Crippen LogP contribution is -2.23. The summed E-state index contributed by atoms with van der Waals surface area (Å²) in [5, 5.41) is 1.66. The molecule has 0 spiro atoms. The Labute approximate surface area is 159 Å². The molecule has 1 N–H and O–H groups in total. The van der Waals surface area contributed by atoms with Crippen LogP contribution in [-0.4, -0.2) is 18.5 Å². The van der Waals surface area contributed by atoms with Gasteiger partial charge in [0, 0.05) is 5.02 Å². The Morgan fingerprint density at radius 2 is 1.54 bits per heavy atom. The summed E-state index contributed by atoms with van der Waals surface area (Å²) in [4.78, 5) is 23.6. The Balaban J connectivity index is 2.10. The van der Waals surface area contributed by atoms with Crippen molar-refractivity contribution in [2.75, 3.05) is 11.9 Å². The lowest BCUT2D eigenvalue weighted by molar-refractivity contribution is -0.138. The number of anilines is 1. The number of hydrogen-bond acceptors (Lipinski definition) is 3. The lowest BCUT2D eigenvalue weighted by atomic mass is 10.1. The summed E-state index contributed by atoms with van der Waals surface area (Å²) >= 11 is 5.51. The van der Waals surface area contributed by atoms with Crippen LogP contribution in [0.3, 0.4) is 0 Å². The van der Waals surface area contributed by atoms with Crippen molar-refractivity contribution < 1.29 is 40.7 Å². The number of ether oxygens (including phenoxy) is 1. The average Bonchev–Trinajstić information content (AvgIpc) is 2.59. The Hall–Kier alpha value is -2.75. The number of nitrogens with one attached hydrogen (secondary N) is 1. The van der Waals surface area contributed by atoms with Crippen LogP contribution >= 0.6 is 11.6 Å². The summed E-state index contributed by atoms with van der Waals surface area (Å²) in [5.74, 6) is -2.62. The van der Waals surface area contributed by atoms with Gasteiger partial charge in [0.1, 0.15) is 0 Å². The van der Waals surface area contributed by atoms with E-state index >= 15 is 0 Å². The maximum atomic E-state index is 13.0. The molecule has 2 aromatic rings. The van der Waals surface area contributed by atoms with Crippen molar-refractivity contribution in [2.24, 2.45) is 0 Å². The summed E-state index contributed by atoms with van der Waals surface area (Å²) < 4.78 is 82.0. The Morgan fingerprint density at radius 1 is 0.929 bits per heavy atom. The minimum Gasteiger partial charge on any atom is -0.452 e. The topological polar surface area (TPSA) is 55.4 Å². The van der Waals surface area contributed by atoms with E-state index in [4.69, 9.17) is 11.6 Å². The number of esters is 1. The van der Waals surface area contributed by atoms with Gasteiger partial charge in [-0.3, -0.25) is 4.79 Å². The SMILES string of the molecule is O=C(COC(=O)c1ccccc1C(F)(F)F)Nc1ccc(Cl)cc1C(F)(F)F. The molecule has 0 unspecified atom stereocenters. The quantitative estimate of drug-likeness (QED) is 0.543. The molecule has 11 heteroatoms. The van der Waals surface area contributed by atoms with Gasteiger partial charge in [-0.05, 0) is 30.3 Å². The van der Waals surface area contributed by atoms with Crippen LogP contribution in [0.5, 0.6) is 0 Å². The molecule has 0 heterocycles. The molecule has 2 rings (SSSR count). The molecule has 0 aromatic heterocycles. The fourth-order valence-electron chi connectivity index (χ4n) is 2.16. The van der Waals surface area contributed by atoms with Crippen LogP contribution in [0.25, 0.3) is 0 Å². The fraction of sp³-hybridized carbons (Fsp3) is 0.176. The van der Waals surface area contributed by atoms with Gasteiger partial charge < -0.3 is 10.1 Å². The second-order valence-electron chi connectivity index (χ2n) is 5.36. The van der Waals surface area contributed by atoms with E-state index in [0.717, 1.165) is 30.3 Å². The summed E-state index contributed by atoms with van der Waals surface area (Å²) in [6.45, 7) is -1.09. The lowest BCUT2D eigenvalue weighted by Gasteiger charge is -2.15. The number of carbonyl (C=O) groups excluding carboxylic acids is 2. The van der Waals surface area contributed by atoms with Crippen LogP contribution in [-0.2, 0) is 21.9 Å². The van der Waals surface area contributed by atoms with Crippen molar-refractivity contribution in [2.45, 2.75) is 12.4 Å². The molecular weight excluding hydrogens is 416 g/mol. The van der Waals surface area contributed by atoms with E-state index in [2.05, 4.69) is 4.74 Å². The standard InChI is InChI=1S/C17H10ClF6NO3/c18-9-5-6-13(12(7-9)17(22,23)24)25-14(26)8-28-15(27)10-3-1-2-4-11(10)16(19,20)21/h1-7H,8H2,(H,25,26). The van der Waals surface area contributed by atoms with E-state index < -0.39 is 53.2 Å². The van der Waals surface area contributed by atoms with Crippen LogP contribution < -0.4 is 5.32 Å². The molecule has 0 bridgehead atoms. The number of carbonyl (C=O) groups is 2. The molecule has 0 aliphatic carbocycles. The van der Waals surface area contributed by atoms with Gasteiger partial charge >= 0.3 is 18.3 Å². The smallest absolute Gasteiger partial charge is 0.418 e. The summed E-state index contributed by atoms with van der Waals surface area (Å²) in [5.41, 5.74) is -3.97. The van der Waals surface area contributed by atoms with Crippen molar-refractivity contribution >= 4 is 29.2 Å². The van der Waals surface area contributed by atoms with Crippen molar-refractivity contribution in [1.82, 2.24) is 0 Å². The van der Waals surface area contributed by atoms with Crippen LogP contribution in [0.2, 0.25) is 5.02 Å². The molecule has 28 heavy (non-hydrogen) atoms. The highest BCUT2D eigenvalue weighted by atomic mass is 35.5. The van der Waals surface area contributed by atoms with E-state index in [0.29, 0.717) is 12.1 Å². The first-order valence-corrected chi connectivity index (χ1v) is 7.77. The highest BCUT2D eigenvalue weighted by Crippen LogP contribution is 2.36. The fourth-order valence-corrected chi connectivity index (χ4v) is 2.34. The van der Waals surface area contributed by atoms with Crippen LogP contribution in [0, 0.1) is 0 Å². The van der Waals surface area contributed by atoms with Crippen LogP contribution in [0.1, 0.15) is 21.5 Å². The molecule has 0 aliphatic rings. The predicted octanol–water partition coefficient (Wildman–Crippen LogP) is 5.17. The van der Waals surface area contributed by atoms with E-state index in [1.165, 1.54) is 0 Å².